The van der Waals surface area contributed by atoms with E-state index in [1.807, 2.05) is 0 Å². The molecule has 0 aromatic carbocycles. The lowest BCUT2D eigenvalue weighted by Gasteiger charge is -2.05. The first-order valence-electron chi connectivity index (χ1n) is 4.81. The van der Waals surface area contributed by atoms with Gasteiger partial charge in [0.1, 0.15) is 5.82 Å². The van der Waals surface area contributed by atoms with Crippen LogP contribution in [0.3, 0.4) is 0 Å². The molecule has 0 saturated carbocycles. The number of rotatable bonds is 7. The number of aromatic amines is 1. The van der Waals surface area contributed by atoms with Gasteiger partial charge in [-0.15, -0.1) is 0 Å². The number of nitrogens with one attached hydrogen (secondary N) is 3. The van der Waals surface area contributed by atoms with E-state index in [2.05, 4.69) is 20.6 Å². The van der Waals surface area contributed by atoms with E-state index in [1.54, 1.807) is 7.11 Å². The van der Waals surface area contributed by atoms with Crippen molar-refractivity contribution in [2.24, 2.45) is 0 Å². The summed E-state index contributed by atoms with van der Waals surface area (Å²) >= 11 is 0. The zero-order chi connectivity index (χ0) is 10.9. The second-order valence-corrected chi connectivity index (χ2v) is 2.97. The van der Waals surface area contributed by atoms with Crippen LogP contribution in [0, 0.1) is 0 Å². The molecule has 84 valence electrons. The molecule has 0 aliphatic rings. The highest BCUT2D eigenvalue weighted by Crippen LogP contribution is 1.92. The minimum absolute atomic E-state index is 0.153. The highest BCUT2D eigenvalue weighted by atomic mass is 16.5. The normalized spacial score (nSPS) is 10.2. The Morgan fingerprint density at radius 3 is 3.07 bits per heavy atom. The molecule has 0 bridgehead atoms. The molecule has 3 N–H and O–H groups in total. The van der Waals surface area contributed by atoms with Gasteiger partial charge in [0.25, 0.3) is 5.56 Å². The monoisotopic (exact) mass is 212 g/mol. The number of hydrogen-bond donors (Lipinski definition) is 3. The Kier molecular flexibility index (Phi) is 5.42. The van der Waals surface area contributed by atoms with Crippen molar-refractivity contribution in [2.75, 3.05) is 38.7 Å². The molecule has 0 amide bonds. The second-order valence-electron chi connectivity index (χ2n) is 2.97. The topological polar surface area (TPSA) is 79.0 Å². The molecule has 6 nitrogen and oxygen atoms in total. The highest BCUT2D eigenvalue weighted by Gasteiger charge is 1.92. The van der Waals surface area contributed by atoms with Crippen LogP contribution < -0.4 is 16.2 Å². The van der Waals surface area contributed by atoms with E-state index in [4.69, 9.17) is 4.74 Å². The molecule has 0 saturated heterocycles. The van der Waals surface area contributed by atoms with Crippen LogP contribution in [0.2, 0.25) is 0 Å². The van der Waals surface area contributed by atoms with E-state index in [0.717, 1.165) is 19.6 Å². The molecule has 1 aromatic rings. The fourth-order valence-electron chi connectivity index (χ4n) is 1.04. The summed E-state index contributed by atoms with van der Waals surface area (Å²) in [4.78, 5) is 17.3. The molecular weight excluding hydrogens is 196 g/mol. The van der Waals surface area contributed by atoms with Gasteiger partial charge in [-0.05, 0) is 0 Å². The number of ether oxygens (including phenoxy) is 1. The Morgan fingerprint density at radius 2 is 2.33 bits per heavy atom. The van der Waals surface area contributed by atoms with E-state index in [0.29, 0.717) is 12.4 Å². The maximum Gasteiger partial charge on any atom is 0.252 e. The number of H-pyrrole nitrogens is 1. The fourth-order valence-corrected chi connectivity index (χ4v) is 1.04. The summed E-state index contributed by atoms with van der Waals surface area (Å²) in [5, 5.41) is 6.20. The van der Waals surface area contributed by atoms with Crippen LogP contribution in [0.25, 0.3) is 0 Å². The molecule has 0 atom stereocenters. The van der Waals surface area contributed by atoms with Gasteiger partial charge < -0.3 is 20.4 Å². The second kappa shape index (κ2) is 6.97. The average Bonchev–Trinajstić information content (AvgIpc) is 2.23. The number of aromatic nitrogens is 2. The first-order valence-corrected chi connectivity index (χ1v) is 4.81. The molecule has 0 radical (unpaired) electrons. The van der Waals surface area contributed by atoms with Gasteiger partial charge in [0.05, 0.1) is 12.9 Å². The van der Waals surface area contributed by atoms with Crippen molar-refractivity contribution in [3.05, 3.63) is 22.7 Å². The van der Waals surface area contributed by atoms with Gasteiger partial charge in [0, 0.05) is 32.8 Å². The molecule has 1 rings (SSSR count). The summed E-state index contributed by atoms with van der Waals surface area (Å²) in [7, 11) is 1.67. The molecule has 0 fully saturated rings. The van der Waals surface area contributed by atoms with Crippen molar-refractivity contribution in [2.45, 2.75) is 0 Å². The van der Waals surface area contributed by atoms with Gasteiger partial charge in [-0.1, -0.05) is 0 Å². The van der Waals surface area contributed by atoms with Crippen LogP contribution in [-0.2, 0) is 4.74 Å². The maximum atomic E-state index is 10.9. The van der Waals surface area contributed by atoms with Crippen LogP contribution in [0.15, 0.2) is 17.2 Å². The predicted octanol–water partition coefficient (Wildman–Crippen LogP) is -0.582. The molecular formula is C9H16N4O2. The van der Waals surface area contributed by atoms with Crippen LogP contribution in [0.5, 0.6) is 0 Å². The number of anilines is 1. The van der Waals surface area contributed by atoms with Crippen molar-refractivity contribution in [1.82, 2.24) is 15.3 Å². The molecule has 0 aliphatic carbocycles. The van der Waals surface area contributed by atoms with E-state index >= 15 is 0 Å². The van der Waals surface area contributed by atoms with Crippen LogP contribution >= 0.6 is 0 Å². The lowest BCUT2D eigenvalue weighted by Crippen LogP contribution is -2.26. The smallest absolute Gasteiger partial charge is 0.252 e. The van der Waals surface area contributed by atoms with Gasteiger partial charge in [-0.2, -0.15) is 0 Å². The number of methoxy groups -OCH3 is 1. The Labute approximate surface area is 88.1 Å². The Bertz CT molecular complexity index is 326. The summed E-state index contributed by atoms with van der Waals surface area (Å²) in [6, 6.07) is 1.43. The van der Waals surface area contributed by atoms with Gasteiger partial charge in [0.2, 0.25) is 0 Å². The third kappa shape index (κ3) is 5.14. The standard InChI is InChI=1S/C9H16N4O2/c1-15-5-4-10-2-3-11-8-6-9(14)13-7-12-8/h6-7,10H,2-5H2,1H3,(H2,11,12,13,14). The predicted molar refractivity (Wildman–Crippen MR) is 58.1 cm³/mol. The molecule has 0 unspecified atom stereocenters. The summed E-state index contributed by atoms with van der Waals surface area (Å²) in [5.41, 5.74) is -0.153. The van der Waals surface area contributed by atoms with Crippen molar-refractivity contribution >= 4 is 5.82 Å². The Hall–Kier alpha value is -1.40. The Balaban J connectivity index is 2.12. The first-order chi connectivity index (χ1) is 7.33. The van der Waals surface area contributed by atoms with Crippen molar-refractivity contribution in [3.8, 4) is 0 Å². The highest BCUT2D eigenvalue weighted by molar-refractivity contribution is 5.31. The minimum Gasteiger partial charge on any atom is -0.383 e. The summed E-state index contributed by atoms with van der Waals surface area (Å²) in [6.45, 7) is 3.04. The zero-order valence-corrected chi connectivity index (χ0v) is 8.75. The van der Waals surface area contributed by atoms with E-state index in [9.17, 15) is 4.79 Å². The lowest BCUT2D eigenvalue weighted by atomic mass is 10.5. The quantitative estimate of drug-likeness (QED) is 0.527. The molecule has 1 heterocycles. The van der Waals surface area contributed by atoms with Crippen LogP contribution in [0.1, 0.15) is 0 Å². The summed E-state index contributed by atoms with van der Waals surface area (Å²) < 4.78 is 4.88. The number of nitrogens with zero attached hydrogens (tertiary/aromatic N) is 1. The molecule has 0 spiro atoms. The molecule has 15 heavy (non-hydrogen) atoms. The largest absolute Gasteiger partial charge is 0.383 e. The minimum atomic E-state index is -0.153. The van der Waals surface area contributed by atoms with Gasteiger partial charge in [-0.3, -0.25) is 4.79 Å². The Morgan fingerprint density at radius 1 is 1.47 bits per heavy atom. The van der Waals surface area contributed by atoms with Gasteiger partial charge in [-0.25, -0.2) is 4.98 Å². The fraction of sp³-hybridized carbons (Fsp3) is 0.556. The van der Waals surface area contributed by atoms with Crippen molar-refractivity contribution < 1.29 is 4.74 Å². The SMILES string of the molecule is COCCNCCNc1cc(=O)[nH]cn1. The third-order valence-corrected chi connectivity index (χ3v) is 1.77. The maximum absolute atomic E-state index is 10.9. The van der Waals surface area contributed by atoms with Gasteiger partial charge in [0.15, 0.2) is 0 Å². The third-order valence-electron chi connectivity index (χ3n) is 1.77. The van der Waals surface area contributed by atoms with E-state index in [-0.39, 0.29) is 5.56 Å². The van der Waals surface area contributed by atoms with Gasteiger partial charge >= 0.3 is 0 Å². The lowest BCUT2D eigenvalue weighted by molar-refractivity contribution is 0.200. The molecule has 1 aromatic heterocycles. The van der Waals surface area contributed by atoms with Crippen LogP contribution in [-0.4, -0.2) is 43.3 Å². The average molecular weight is 212 g/mol. The molecule has 6 heteroatoms. The first kappa shape index (κ1) is 11.7. The van der Waals surface area contributed by atoms with E-state index in [1.165, 1.54) is 12.4 Å². The summed E-state index contributed by atoms with van der Waals surface area (Å²) in [5.74, 6) is 0.590. The summed E-state index contributed by atoms with van der Waals surface area (Å²) in [6.07, 6.45) is 1.38. The zero-order valence-electron chi connectivity index (χ0n) is 8.75. The number of hydrogen-bond acceptors (Lipinski definition) is 5. The van der Waals surface area contributed by atoms with Crippen molar-refractivity contribution in [3.63, 3.8) is 0 Å². The van der Waals surface area contributed by atoms with Crippen LogP contribution in [0.4, 0.5) is 5.82 Å². The van der Waals surface area contributed by atoms with E-state index < -0.39 is 0 Å². The van der Waals surface area contributed by atoms with Crippen molar-refractivity contribution in [1.29, 1.82) is 0 Å². The molecule has 0 aliphatic heterocycles.